The van der Waals surface area contributed by atoms with Crippen molar-refractivity contribution in [3.8, 4) is 0 Å². The number of aryl methyl sites for hydroxylation is 1. The van der Waals surface area contributed by atoms with Crippen LogP contribution in [-0.2, 0) is 13.0 Å². The van der Waals surface area contributed by atoms with Crippen LogP contribution in [0.5, 0.6) is 0 Å². The van der Waals surface area contributed by atoms with Crippen LogP contribution in [0.2, 0.25) is 0 Å². The Bertz CT molecular complexity index is 560. The quantitative estimate of drug-likeness (QED) is 0.787. The van der Waals surface area contributed by atoms with E-state index in [1.54, 1.807) is 0 Å². The summed E-state index contributed by atoms with van der Waals surface area (Å²) in [5.41, 5.74) is 3.09. The molecule has 0 bridgehead atoms. The first kappa shape index (κ1) is 15.1. The molecular formula is C18H28N2. The summed E-state index contributed by atoms with van der Waals surface area (Å²) in [6.45, 7) is 14.6. The fraction of sp³-hybridized carbons (Fsp3) is 0.556. The Hall–Kier alpha value is -1.28. The molecule has 0 saturated heterocycles. The Balaban J connectivity index is 2.22. The van der Waals surface area contributed by atoms with Crippen LogP contribution in [0.3, 0.4) is 0 Å². The van der Waals surface area contributed by atoms with Crippen LogP contribution in [0.4, 0.5) is 0 Å². The minimum Gasteiger partial charge on any atom is -0.347 e. The second-order valence-corrected chi connectivity index (χ2v) is 6.46. The van der Waals surface area contributed by atoms with Crippen molar-refractivity contribution in [3.05, 3.63) is 36.0 Å². The molecule has 110 valence electrons. The zero-order valence-electron chi connectivity index (χ0n) is 13.6. The summed E-state index contributed by atoms with van der Waals surface area (Å²) >= 11 is 0. The van der Waals surface area contributed by atoms with Gasteiger partial charge < -0.3 is 4.57 Å². The molecular weight excluding hydrogens is 244 g/mol. The maximum Gasteiger partial charge on any atom is 0.0483 e. The summed E-state index contributed by atoms with van der Waals surface area (Å²) in [4.78, 5) is 2.55. The lowest BCUT2D eigenvalue weighted by Crippen LogP contribution is -2.42. The van der Waals surface area contributed by atoms with Crippen molar-refractivity contribution in [2.75, 3.05) is 13.1 Å². The molecule has 2 aromatic rings. The van der Waals surface area contributed by atoms with Crippen molar-refractivity contribution < 1.29 is 0 Å². The first-order chi connectivity index (χ1) is 9.47. The number of para-hydroxylation sites is 1. The van der Waals surface area contributed by atoms with E-state index >= 15 is 0 Å². The molecule has 2 heteroatoms. The normalized spacial score (nSPS) is 12.5. The lowest BCUT2D eigenvalue weighted by Gasteiger charge is -2.34. The predicted molar refractivity (Wildman–Crippen MR) is 88.3 cm³/mol. The van der Waals surface area contributed by atoms with E-state index in [0.29, 0.717) is 0 Å². The van der Waals surface area contributed by atoms with Crippen LogP contribution in [-0.4, -0.2) is 28.1 Å². The first-order valence-corrected chi connectivity index (χ1v) is 7.79. The maximum absolute atomic E-state index is 2.55. The molecule has 0 N–H and O–H groups in total. The number of aromatic nitrogens is 1. The van der Waals surface area contributed by atoms with Crippen molar-refractivity contribution in [1.82, 2.24) is 9.47 Å². The van der Waals surface area contributed by atoms with Gasteiger partial charge >= 0.3 is 0 Å². The van der Waals surface area contributed by atoms with E-state index in [1.165, 1.54) is 16.5 Å². The van der Waals surface area contributed by atoms with Crippen molar-refractivity contribution in [2.24, 2.45) is 0 Å². The van der Waals surface area contributed by atoms with Gasteiger partial charge in [0.25, 0.3) is 0 Å². The van der Waals surface area contributed by atoms with Gasteiger partial charge in [0, 0.05) is 35.7 Å². The fourth-order valence-electron chi connectivity index (χ4n) is 3.01. The Morgan fingerprint density at radius 3 is 2.40 bits per heavy atom. The minimum atomic E-state index is 0.248. The molecule has 2 rings (SSSR count). The Morgan fingerprint density at radius 2 is 1.80 bits per heavy atom. The molecule has 0 fully saturated rings. The number of likely N-dealkylation sites (N-methyl/N-ethyl adjacent to an activating group) is 1. The van der Waals surface area contributed by atoms with E-state index in [9.17, 15) is 0 Å². The van der Waals surface area contributed by atoms with E-state index < -0.39 is 0 Å². The van der Waals surface area contributed by atoms with Gasteiger partial charge in [-0.25, -0.2) is 0 Å². The average molecular weight is 272 g/mol. The summed E-state index contributed by atoms with van der Waals surface area (Å²) in [6.07, 6.45) is 3.46. The molecule has 0 unspecified atom stereocenters. The minimum absolute atomic E-state index is 0.248. The first-order valence-electron chi connectivity index (χ1n) is 7.79. The van der Waals surface area contributed by atoms with Crippen molar-refractivity contribution in [2.45, 2.75) is 53.1 Å². The van der Waals surface area contributed by atoms with Gasteiger partial charge in [-0.1, -0.05) is 25.1 Å². The van der Waals surface area contributed by atoms with Crippen molar-refractivity contribution in [1.29, 1.82) is 0 Å². The lowest BCUT2D eigenvalue weighted by atomic mass is 10.0. The molecule has 0 spiro atoms. The molecule has 0 radical (unpaired) electrons. The molecule has 1 heterocycles. The van der Waals surface area contributed by atoms with E-state index in [2.05, 4.69) is 74.5 Å². The highest BCUT2D eigenvalue weighted by atomic mass is 15.2. The van der Waals surface area contributed by atoms with Gasteiger partial charge in [0.2, 0.25) is 0 Å². The summed E-state index contributed by atoms with van der Waals surface area (Å²) < 4.78 is 2.36. The largest absolute Gasteiger partial charge is 0.347 e. The molecule has 1 aromatic heterocycles. The van der Waals surface area contributed by atoms with E-state index in [1.807, 2.05) is 0 Å². The monoisotopic (exact) mass is 272 g/mol. The Kier molecular flexibility index (Phi) is 4.54. The number of hydrogen-bond acceptors (Lipinski definition) is 1. The summed E-state index contributed by atoms with van der Waals surface area (Å²) in [6, 6.07) is 8.76. The van der Waals surface area contributed by atoms with E-state index in [-0.39, 0.29) is 5.54 Å². The Morgan fingerprint density at radius 1 is 1.10 bits per heavy atom. The predicted octanol–water partition coefficient (Wildman–Crippen LogP) is 4.32. The highest BCUT2D eigenvalue weighted by molar-refractivity contribution is 5.84. The van der Waals surface area contributed by atoms with Gasteiger partial charge in [0.1, 0.15) is 0 Å². The molecule has 0 aliphatic rings. The number of hydrogen-bond donors (Lipinski definition) is 0. The third-order valence-corrected chi connectivity index (χ3v) is 4.19. The summed E-state index contributed by atoms with van der Waals surface area (Å²) in [7, 11) is 0. The number of rotatable bonds is 5. The van der Waals surface area contributed by atoms with Gasteiger partial charge in [-0.3, -0.25) is 4.90 Å². The molecule has 0 aliphatic carbocycles. The van der Waals surface area contributed by atoms with Crippen LogP contribution in [0, 0.1) is 0 Å². The highest BCUT2D eigenvalue weighted by Gasteiger charge is 2.19. The maximum atomic E-state index is 2.55. The van der Waals surface area contributed by atoms with Gasteiger partial charge in [0.15, 0.2) is 0 Å². The van der Waals surface area contributed by atoms with Crippen LogP contribution >= 0.6 is 0 Å². The summed E-state index contributed by atoms with van der Waals surface area (Å²) in [5, 5.41) is 1.42. The molecule has 0 atom stereocenters. The second kappa shape index (κ2) is 6.01. The van der Waals surface area contributed by atoms with E-state index in [4.69, 9.17) is 0 Å². The SMILES string of the molecule is CCN(CCc1cn(CC)c2ccccc12)C(C)(C)C. The van der Waals surface area contributed by atoms with Gasteiger partial charge in [0.05, 0.1) is 0 Å². The molecule has 1 aromatic carbocycles. The standard InChI is InChI=1S/C18H28N2/c1-6-19-14-15(16-10-8-9-11-17(16)19)12-13-20(7-2)18(3,4)5/h8-11,14H,6-7,12-13H2,1-5H3. The highest BCUT2D eigenvalue weighted by Crippen LogP contribution is 2.23. The number of nitrogens with zero attached hydrogens (tertiary/aromatic N) is 2. The van der Waals surface area contributed by atoms with Crippen molar-refractivity contribution in [3.63, 3.8) is 0 Å². The number of fused-ring (bicyclic) bond motifs is 1. The van der Waals surface area contributed by atoms with Crippen LogP contribution in [0.15, 0.2) is 30.5 Å². The van der Waals surface area contributed by atoms with Gasteiger partial charge in [-0.15, -0.1) is 0 Å². The summed E-state index contributed by atoms with van der Waals surface area (Å²) in [5.74, 6) is 0. The zero-order valence-corrected chi connectivity index (χ0v) is 13.6. The molecule has 0 aliphatic heterocycles. The molecule has 20 heavy (non-hydrogen) atoms. The third kappa shape index (κ3) is 3.06. The van der Waals surface area contributed by atoms with Crippen LogP contribution in [0.25, 0.3) is 10.9 Å². The van der Waals surface area contributed by atoms with E-state index in [0.717, 1.165) is 26.1 Å². The molecule has 0 amide bonds. The number of benzene rings is 1. The molecule has 2 nitrogen and oxygen atoms in total. The smallest absolute Gasteiger partial charge is 0.0483 e. The van der Waals surface area contributed by atoms with Crippen LogP contribution < -0.4 is 0 Å². The topological polar surface area (TPSA) is 8.17 Å². The van der Waals surface area contributed by atoms with Crippen LogP contribution in [0.1, 0.15) is 40.2 Å². The average Bonchev–Trinajstić information content (AvgIpc) is 2.76. The third-order valence-electron chi connectivity index (χ3n) is 4.19. The second-order valence-electron chi connectivity index (χ2n) is 6.46. The lowest BCUT2D eigenvalue weighted by molar-refractivity contribution is 0.147. The Labute approximate surface area is 123 Å². The van der Waals surface area contributed by atoms with Crippen molar-refractivity contribution >= 4 is 10.9 Å². The molecule has 0 saturated carbocycles. The zero-order chi connectivity index (χ0) is 14.8. The van der Waals surface area contributed by atoms with Gasteiger partial charge in [-0.05, 0) is 52.3 Å². The van der Waals surface area contributed by atoms with Gasteiger partial charge in [-0.2, -0.15) is 0 Å². The fourth-order valence-corrected chi connectivity index (χ4v) is 3.01.